The van der Waals surface area contributed by atoms with Crippen LogP contribution in [-0.4, -0.2) is 39.0 Å². The van der Waals surface area contributed by atoms with Gasteiger partial charge in [-0.3, -0.25) is 14.4 Å². The molecule has 1 aromatic carbocycles. The molecule has 9 heteroatoms. The summed E-state index contributed by atoms with van der Waals surface area (Å²) in [6.45, 7) is 3.60. The Morgan fingerprint density at radius 1 is 1.12 bits per heavy atom. The molecular weight excluding hydrogens is 434 g/mol. The number of H-pyrrole nitrogens is 1. The van der Waals surface area contributed by atoms with E-state index in [4.69, 9.17) is 4.74 Å². The summed E-state index contributed by atoms with van der Waals surface area (Å²) < 4.78 is 6.88. The van der Waals surface area contributed by atoms with Crippen molar-refractivity contribution in [1.82, 2.24) is 19.9 Å². The highest BCUT2D eigenvalue weighted by Crippen LogP contribution is 2.26. The molecule has 9 nitrogen and oxygen atoms in total. The lowest BCUT2D eigenvalue weighted by molar-refractivity contribution is -0.123. The second kappa shape index (κ2) is 9.62. The Bertz CT molecular complexity index is 1390. The molecule has 4 aromatic rings. The van der Waals surface area contributed by atoms with Crippen LogP contribution in [-0.2, 0) is 11.8 Å². The smallest absolute Gasteiger partial charge is 0.274 e. The van der Waals surface area contributed by atoms with Gasteiger partial charge in [0, 0.05) is 48.1 Å². The third kappa shape index (κ3) is 4.98. The number of hydrogen-bond donors (Lipinski definition) is 3. The normalized spacial score (nSPS) is 10.9. The molecule has 0 bridgehead atoms. The Balaban J connectivity index is 1.42. The Morgan fingerprint density at radius 3 is 2.56 bits per heavy atom. The first-order chi connectivity index (χ1) is 16.3. The van der Waals surface area contributed by atoms with Crippen LogP contribution in [0.25, 0.3) is 22.0 Å². The van der Waals surface area contributed by atoms with Gasteiger partial charge in [-0.2, -0.15) is 0 Å². The average Bonchev–Trinajstić information content (AvgIpc) is 3.31. The first-order valence-electron chi connectivity index (χ1n) is 10.8. The number of hydrogen-bond acceptors (Lipinski definition) is 5. The Labute approximate surface area is 195 Å². The summed E-state index contributed by atoms with van der Waals surface area (Å²) in [6.07, 6.45) is 4.99. The number of amides is 2. The van der Waals surface area contributed by atoms with E-state index in [-0.39, 0.29) is 35.9 Å². The molecule has 0 saturated heterocycles. The van der Waals surface area contributed by atoms with Gasteiger partial charge in [-0.05, 0) is 43.7 Å². The molecule has 3 N–H and O–H groups in total. The van der Waals surface area contributed by atoms with Crippen LogP contribution in [0.2, 0.25) is 0 Å². The van der Waals surface area contributed by atoms with Crippen LogP contribution in [0.5, 0.6) is 5.88 Å². The van der Waals surface area contributed by atoms with Gasteiger partial charge in [0.25, 0.3) is 17.4 Å². The maximum Gasteiger partial charge on any atom is 0.274 e. The third-order valence-corrected chi connectivity index (χ3v) is 5.15. The standard InChI is InChI=1S/C25H25N5O4/c1-15(2)28-21(31)14-34-22-9-8-18(12-27-22)29-24(32)17-6-4-16(5-7-17)20-13-30(3)25(33)23-19(20)10-11-26-23/h4-13,15,26H,14H2,1-3H3,(H,28,31)(H,29,32). The van der Waals surface area contributed by atoms with E-state index in [1.807, 2.05) is 32.0 Å². The van der Waals surface area contributed by atoms with Crippen molar-refractivity contribution < 1.29 is 14.3 Å². The molecule has 0 spiro atoms. The molecule has 0 aliphatic heterocycles. The van der Waals surface area contributed by atoms with Gasteiger partial charge in [-0.1, -0.05) is 12.1 Å². The van der Waals surface area contributed by atoms with Crippen LogP contribution in [0, 0.1) is 0 Å². The van der Waals surface area contributed by atoms with Crippen molar-refractivity contribution >= 4 is 28.4 Å². The van der Waals surface area contributed by atoms with Crippen molar-refractivity contribution in [2.75, 3.05) is 11.9 Å². The zero-order chi connectivity index (χ0) is 24.2. The van der Waals surface area contributed by atoms with E-state index in [0.29, 0.717) is 16.8 Å². The molecule has 0 aliphatic rings. The number of nitrogens with one attached hydrogen (secondary N) is 3. The zero-order valence-electron chi connectivity index (χ0n) is 19.1. The van der Waals surface area contributed by atoms with Crippen LogP contribution >= 0.6 is 0 Å². The van der Waals surface area contributed by atoms with Gasteiger partial charge < -0.3 is 24.9 Å². The highest BCUT2D eigenvalue weighted by atomic mass is 16.5. The number of aromatic amines is 1. The van der Waals surface area contributed by atoms with Gasteiger partial charge in [0.05, 0.1) is 11.9 Å². The maximum atomic E-state index is 12.7. The lowest BCUT2D eigenvalue weighted by atomic mass is 10.0. The lowest BCUT2D eigenvalue weighted by Gasteiger charge is -2.10. The number of nitrogens with zero attached hydrogens (tertiary/aromatic N) is 2. The number of fused-ring (bicyclic) bond motifs is 1. The molecule has 0 fully saturated rings. The summed E-state index contributed by atoms with van der Waals surface area (Å²) in [4.78, 5) is 43.7. The number of pyridine rings is 2. The number of carbonyl (C=O) groups is 2. The predicted molar refractivity (Wildman–Crippen MR) is 130 cm³/mol. The minimum Gasteiger partial charge on any atom is -0.468 e. The SMILES string of the molecule is CC(C)NC(=O)COc1ccc(NC(=O)c2ccc(-c3cn(C)c(=O)c4[nH]ccc34)cc2)cn1. The van der Waals surface area contributed by atoms with Crippen molar-refractivity contribution in [2.24, 2.45) is 7.05 Å². The van der Waals surface area contributed by atoms with Crippen molar-refractivity contribution in [3.05, 3.63) is 77.0 Å². The quantitative estimate of drug-likeness (QED) is 0.393. The van der Waals surface area contributed by atoms with E-state index in [1.165, 1.54) is 10.8 Å². The minimum atomic E-state index is -0.286. The van der Waals surface area contributed by atoms with E-state index < -0.39 is 0 Å². The van der Waals surface area contributed by atoms with Gasteiger partial charge in [0.1, 0.15) is 5.52 Å². The second-order valence-electron chi connectivity index (χ2n) is 8.15. The van der Waals surface area contributed by atoms with Crippen molar-refractivity contribution in [2.45, 2.75) is 19.9 Å². The molecule has 34 heavy (non-hydrogen) atoms. The monoisotopic (exact) mass is 459 g/mol. The average molecular weight is 460 g/mol. The van der Waals surface area contributed by atoms with Crippen LogP contribution in [0.3, 0.4) is 0 Å². The summed E-state index contributed by atoms with van der Waals surface area (Å²) in [5.74, 6) is -0.229. The van der Waals surface area contributed by atoms with Crippen molar-refractivity contribution in [1.29, 1.82) is 0 Å². The van der Waals surface area contributed by atoms with Crippen LogP contribution in [0.15, 0.2) is 65.8 Å². The minimum absolute atomic E-state index is 0.0340. The zero-order valence-corrected chi connectivity index (χ0v) is 19.1. The topological polar surface area (TPSA) is 118 Å². The van der Waals surface area contributed by atoms with Crippen molar-refractivity contribution in [3.8, 4) is 17.0 Å². The molecule has 3 heterocycles. The van der Waals surface area contributed by atoms with Crippen LogP contribution in [0.4, 0.5) is 5.69 Å². The van der Waals surface area contributed by atoms with E-state index in [0.717, 1.165) is 16.5 Å². The van der Waals surface area contributed by atoms with Gasteiger partial charge in [-0.15, -0.1) is 0 Å². The number of anilines is 1. The molecule has 2 amide bonds. The lowest BCUT2D eigenvalue weighted by Crippen LogP contribution is -2.34. The first-order valence-corrected chi connectivity index (χ1v) is 10.8. The van der Waals surface area contributed by atoms with Crippen LogP contribution < -0.4 is 20.9 Å². The van der Waals surface area contributed by atoms with E-state index in [2.05, 4.69) is 20.6 Å². The Kier molecular flexibility index (Phi) is 6.44. The number of benzene rings is 1. The summed E-state index contributed by atoms with van der Waals surface area (Å²) >= 11 is 0. The highest BCUT2D eigenvalue weighted by molar-refractivity contribution is 6.04. The van der Waals surface area contributed by atoms with Gasteiger partial charge in [0.2, 0.25) is 5.88 Å². The first kappa shape index (κ1) is 22.8. The molecule has 4 rings (SSSR count). The van der Waals surface area contributed by atoms with Crippen molar-refractivity contribution in [3.63, 3.8) is 0 Å². The second-order valence-corrected chi connectivity index (χ2v) is 8.15. The van der Waals surface area contributed by atoms with Gasteiger partial charge >= 0.3 is 0 Å². The van der Waals surface area contributed by atoms with Gasteiger partial charge in [-0.25, -0.2) is 4.98 Å². The summed E-state index contributed by atoms with van der Waals surface area (Å²) in [5.41, 5.74) is 3.21. The molecule has 0 aliphatic carbocycles. The highest BCUT2D eigenvalue weighted by Gasteiger charge is 2.12. The molecule has 0 atom stereocenters. The fourth-order valence-corrected chi connectivity index (χ4v) is 3.55. The molecule has 0 radical (unpaired) electrons. The largest absolute Gasteiger partial charge is 0.468 e. The Morgan fingerprint density at radius 2 is 1.88 bits per heavy atom. The summed E-state index contributed by atoms with van der Waals surface area (Å²) in [6, 6.07) is 12.3. The molecule has 3 aromatic heterocycles. The number of aromatic nitrogens is 3. The molecular formula is C25H25N5O4. The predicted octanol–water partition coefficient (Wildman–Crippen LogP) is 3.08. The number of ether oxygens (including phenoxy) is 1. The summed E-state index contributed by atoms with van der Waals surface area (Å²) in [5, 5.41) is 6.35. The molecule has 0 saturated carbocycles. The Hall–Kier alpha value is -4.40. The summed E-state index contributed by atoms with van der Waals surface area (Å²) in [7, 11) is 1.71. The van der Waals surface area contributed by atoms with E-state index in [9.17, 15) is 14.4 Å². The number of carbonyl (C=O) groups excluding carboxylic acids is 2. The molecule has 0 unspecified atom stereocenters. The number of rotatable bonds is 7. The van der Waals surface area contributed by atoms with E-state index >= 15 is 0 Å². The fourth-order valence-electron chi connectivity index (χ4n) is 3.55. The van der Waals surface area contributed by atoms with Gasteiger partial charge in [0.15, 0.2) is 6.61 Å². The van der Waals surface area contributed by atoms with Crippen LogP contribution in [0.1, 0.15) is 24.2 Å². The third-order valence-electron chi connectivity index (χ3n) is 5.15. The molecule has 174 valence electrons. The fraction of sp³-hybridized carbons (Fsp3) is 0.200. The van der Waals surface area contributed by atoms with E-state index in [1.54, 1.807) is 43.7 Å². The number of aryl methyl sites for hydroxylation is 1. The maximum absolute atomic E-state index is 12.7.